The predicted molar refractivity (Wildman–Crippen MR) is 74.3 cm³/mol. The Labute approximate surface area is 112 Å². The second-order valence-corrected chi connectivity index (χ2v) is 4.99. The second kappa shape index (κ2) is 4.26. The molecule has 98 valence electrons. The van der Waals surface area contributed by atoms with Gasteiger partial charge in [-0.1, -0.05) is 13.0 Å². The Morgan fingerprint density at radius 2 is 1.89 bits per heavy atom. The van der Waals surface area contributed by atoms with Crippen molar-refractivity contribution in [2.24, 2.45) is 5.92 Å². The Morgan fingerprint density at radius 3 is 2.58 bits per heavy atom. The molecule has 1 atom stereocenters. The Balaban J connectivity index is 2.35. The van der Waals surface area contributed by atoms with Crippen LogP contribution >= 0.6 is 0 Å². The van der Waals surface area contributed by atoms with Crippen LogP contribution in [0.25, 0.3) is 10.8 Å². The topological polar surface area (TPSA) is 35.5 Å². The minimum atomic E-state index is 0.0624. The molecule has 0 spiro atoms. The normalized spacial score (nSPS) is 17.6. The molecule has 0 amide bonds. The lowest BCUT2D eigenvalue weighted by Gasteiger charge is -2.11. The van der Waals surface area contributed by atoms with Crippen LogP contribution in [0.5, 0.6) is 11.5 Å². The minimum Gasteiger partial charge on any atom is -0.497 e. The lowest BCUT2D eigenvalue weighted by molar-refractivity contribution is 0.0946. The van der Waals surface area contributed by atoms with Crippen molar-refractivity contribution < 1.29 is 14.3 Å². The molecule has 0 saturated carbocycles. The van der Waals surface area contributed by atoms with Gasteiger partial charge in [0.05, 0.1) is 14.2 Å². The highest BCUT2D eigenvalue weighted by Crippen LogP contribution is 2.39. The minimum absolute atomic E-state index is 0.0624. The van der Waals surface area contributed by atoms with Gasteiger partial charge >= 0.3 is 0 Å². The van der Waals surface area contributed by atoms with E-state index >= 15 is 0 Å². The Morgan fingerprint density at radius 1 is 1.11 bits per heavy atom. The molecule has 3 heteroatoms. The zero-order valence-electron chi connectivity index (χ0n) is 11.3. The first kappa shape index (κ1) is 12.0. The molecule has 1 aliphatic rings. The van der Waals surface area contributed by atoms with Gasteiger partial charge < -0.3 is 9.47 Å². The highest BCUT2D eigenvalue weighted by molar-refractivity contribution is 6.08. The van der Waals surface area contributed by atoms with Gasteiger partial charge in [0.15, 0.2) is 5.78 Å². The fraction of sp³-hybridized carbons (Fsp3) is 0.312. The van der Waals surface area contributed by atoms with Gasteiger partial charge in [-0.25, -0.2) is 0 Å². The summed E-state index contributed by atoms with van der Waals surface area (Å²) >= 11 is 0. The Hall–Kier alpha value is -2.03. The van der Waals surface area contributed by atoms with Gasteiger partial charge in [-0.3, -0.25) is 4.79 Å². The number of ether oxygens (including phenoxy) is 2. The quantitative estimate of drug-likeness (QED) is 0.827. The molecule has 2 aromatic rings. The highest BCUT2D eigenvalue weighted by atomic mass is 16.5. The van der Waals surface area contributed by atoms with E-state index in [1.165, 1.54) is 0 Å². The molecular weight excluding hydrogens is 240 g/mol. The summed E-state index contributed by atoms with van der Waals surface area (Å²) in [5, 5.41) is 2.09. The van der Waals surface area contributed by atoms with Crippen LogP contribution in [0.4, 0.5) is 0 Å². The molecular formula is C16H16O3. The molecule has 19 heavy (non-hydrogen) atoms. The SMILES string of the molecule is COc1ccc2c3c(cc(OC)c2c1)C(=O)C(C)C3. The van der Waals surface area contributed by atoms with Gasteiger partial charge in [-0.2, -0.15) is 0 Å². The average molecular weight is 256 g/mol. The number of rotatable bonds is 2. The van der Waals surface area contributed by atoms with Crippen LogP contribution in [0.1, 0.15) is 22.8 Å². The summed E-state index contributed by atoms with van der Waals surface area (Å²) in [6.45, 7) is 1.98. The largest absolute Gasteiger partial charge is 0.497 e. The van der Waals surface area contributed by atoms with Gasteiger partial charge in [0.2, 0.25) is 0 Å². The maximum atomic E-state index is 12.2. The van der Waals surface area contributed by atoms with E-state index in [-0.39, 0.29) is 11.7 Å². The van der Waals surface area contributed by atoms with Crippen LogP contribution in [-0.4, -0.2) is 20.0 Å². The lowest BCUT2D eigenvalue weighted by atomic mass is 9.99. The number of benzene rings is 2. The number of methoxy groups -OCH3 is 2. The maximum absolute atomic E-state index is 12.2. The number of ketones is 1. The van der Waals surface area contributed by atoms with Gasteiger partial charge in [0.1, 0.15) is 11.5 Å². The van der Waals surface area contributed by atoms with Gasteiger partial charge in [0.25, 0.3) is 0 Å². The van der Waals surface area contributed by atoms with E-state index in [4.69, 9.17) is 9.47 Å². The molecule has 0 bridgehead atoms. The molecule has 0 saturated heterocycles. The van der Waals surface area contributed by atoms with Gasteiger partial charge in [0, 0.05) is 16.9 Å². The summed E-state index contributed by atoms with van der Waals surface area (Å²) < 4.78 is 10.7. The van der Waals surface area contributed by atoms with Crippen molar-refractivity contribution in [3.63, 3.8) is 0 Å². The fourth-order valence-corrected chi connectivity index (χ4v) is 2.83. The zero-order chi connectivity index (χ0) is 13.6. The van der Waals surface area contributed by atoms with E-state index in [0.717, 1.165) is 39.8 Å². The lowest BCUT2D eigenvalue weighted by Crippen LogP contribution is -2.03. The molecule has 0 aliphatic heterocycles. The number of Topliss-reactive ketones (excluding diaryl/α,β-unsaturated/α-hetero) is 1. The van der Waals surface area contributed by atoms with E-state index in [1.54, 1.807) is 14.2 Å². The van der Waals surface area contributed by atoms with Crippen LogP contribution in [0, 0.1) is 5.92 Å². The molecule has 0 N–H and O–H groups in total. The summed E-state index contributed by atoms with van der Waals surface area (Å²) in [5.74, 6) is 1.80. The molecule has 3 nitrogen and oxygen atoms in total. The number of fused-ring (bicyclic) bond motifs is 3. The molecule has 0 fully saturated rings. The average Bonchev–Trinajstić information content (AvgIpc) is 2.73. The maximum Gasteiger partial charge on any atom is 0.166 e. The smallest absolute Gasteiger partial charge is 0.166 e. The first-order chi connectivity index (χ1) is 9.15. The number of carbonyl (C=O) groups excluding carboxylic acids is 1. The van der Waals surface area contributed by atoms with Crippen molar-refractivity contribution in [3.8, 4) is 11.5 Å². The molecule has 1 unspecified atom stereocenters. The first-order valence-electron chi connectivity index (χ1n) is 6.37. The highest BCUT2D eigenvalue weighted by Gasteiger charge is 2.29. The van der Waals surface area contributed by atoms with E-state index in [9.17, 15) is 4.79 Å². The van der Waals surface area contributed by atoms with Crippen molar-refractivity contribution in [1.29, 1.82) is 0 Å². The number of hydrogen-bond donors (Lipinski definition) is 0. The van der Waals surface area contributed by atoms with Crippen molar-refractivity contribution in [3.05, 3.63) is 35.4 Å². The molecule has 0 radical (unpaired) electrons. The van der Waals surface area contributed by atoms with E-state index in [1.807, 2.05) is 31.2 Å². The summed E-state index contributed by atoms with van der Waals surface area (Å²) in [6.07, 6.45) is 0.807. The van der Waals surface area contributed by atoms with Crippen LogP contribution in [0.15, 0.2) is 24.3 Å². The van der Waals surface area contributed by atoms with Crippen LogP contribution in [-0.2, 0) is 6.42 Å². The summed E-state index contributed by atoms with van der Waals surface area (Å²) in [4.78, 5) is 12.2. The van der Waals surface area contributed by atoms with Crippen LogP contribution < -0.4 is 9.47 Å². The van der Waals surface area contributed by atoms with Crippen molar-refractivity contribution in [2.75, 3.05) is 14.2 Å². The second-order valence-electron chi connectivity index (χ2n) is 4.99. The van der Waals surface area contributed by atoms with Crippen molar-refractivity contribution >= 4 is 16.6 Å². The number of carbonyl (C=O) groups is 1. The molecule has 0 heterocycles. The van der Waals surface area contributed by atoms with Gasteiger partial charge in [-0.15, -0.1) is 0 Å². The molecule has 3 rings (SSSR count). The summed E-state index contributed by atoms with van der Waals surface area (Å²) in [7, 11) is 3.27. The summed E-state index contributed by atoms with van der Waals surface area (Å²) in [5.41, 5.74) is 1.94. The predicted octanol–water partition coefficient (Wildman–Crippen LogP) is 3.23. The fourth-order valence-electron chi connectivity index (χ4n) is 2.83. The van der Waals surface area contributed by atoms with E-state index < -0.39 is 0 Å². The first-order valence-corrected chi connectivity index (χ1v) is 6.37. The van der Waals surface area contributed by atoms with Crippen LogP contribution in [0.3, 0.4) is 0 Å². The number of hydrogen-bond acceptors (Lipinski definition) is 3. The summed E-state index contributed by atoms with van der Waals surface area (Å²) in [6, 6.07) is 7.77. The van der Waals surface area contributed by atoms with E-state index in [2.05, 4.69) is 0 Å². The third-order valence-corrected chi connectivity index (χ3v) is 3.86. The van der Waals surface area contributed by atoms with Crippen molar-refractivity contribution in [1.82, 2.24) is 0 Å². The third kappa shape index (κ3) is 1.69. The zero-order valence-corrected chi connectivity index (χ0v) is 11.3. The molecule has 0 aromatic heterocycles. The monoisotopic (exact) mass is 256 g/mol. The van der Waals surface area contributed by atoms with E-state index in [0.29, 0.717) is 0 Å². The standard InChI is InChI=1S/C16H16O3/c1-9-6-12-11-5-4-10(18-2)7-13(11)15(19-3)8-14(12)16(9)17/h4-5,7-9H,6H2,1-3H3. The third-order valence-electron chi connectivity index (χ3n) is 3.86. The Kier molecular flexibility index (Phi) is 2.70. The molecule has 1 aliphatic carbocycles. The van der Waals surface area contributed by atoms with Crippen molar-refractivity contribution in [2.45, 2.75) is 13.3 Å². The van der Waals surface area contributed by atoms with Gasteiger partial charge in [-0.05, 0) is 35.6 Å². The Bertz CT molecular complexity index is 673. The molecule has 2 aromatic carbocycles. The van der Waals surface area contributed by atoms with Crippen LogP contribution in [0.2, 0.25) is 0 Å².